The zero-order valence-electron chi connectivity index (χ0n) is 11.3. The molecule has 0 aliphatic rings. The van der Waals surface area contributed by atoms with Crippen LogP contribution in [0, 0.1) is 0 Å². The Hall–Kier alpha value is -0.810. The van der Waals surface area contributed by atoms with Gasteiger partial charge in [-0.25, -0.2) is 4.79 Å². The van der Waals surface area contributed by atoms with Gasteiger partial charge in [0, 0.05) is 19.8 Å². The van der Waals surface area contributed by atoms with Crippen LogP contribution in [0.2, 0.25) is 0 Å². The summed E-state index contributed by atoms with van der Waals surface area (Å²) in [6, 6.07) is -0.274. The summed E-state index contributed by atoms with van der Waals surface area (Å²) in [6.07, 6.45) is -0.500. The Balaban J connectivity index is 4.40. The first-order valence-corrected chi connectivity index (χ1v) is 5.29. The minimum absolute atomic E-state index is 0.274. The van der Waals surface area contributed by atoms with Crippen molar-refractivity contribution in [3.63, 3.8) is 0 Å². The van der Waals surface area contributed by atoms with Gasteiger partial charge in [0.1, 0.15) is 5.60 Å². The number of urea groups is 1. The number of amides is 2. The summed E-state index contributed by atoms with van der Waals surface area (Å²) in [7, 11) is 3.11. The molecule has 0 aromatic rings. The normalized spacial score (nSPS) is 14.4. The van der Waals surface area contributed by atoms with E-state index in [4.69, 9.17) is 9.47 Å². The first-order chi connectivity index (χ1) is 7.12. The van der Waals surface area contributed by atoms with Crippen LogP contribution in [-0.4, -0.2) is 37.6 Å². The number of hydrogen-bond donors (Lipinski definition) is 2. The van der Waals surface area contributed by atoms with Crippen LogP contribution in [0.5, 0.6) is 0 Å². The SMILES string of the molecule is COC(NC(=O)NC(C)(C)C)C(C)(C)OC. The maximum Gasteiger partial charge on any atom is 0.317 e. The highest BCUT2D eigenvalue weighted by Crippen LogP contribution is 2.14. The topological polar surface area (TPSA) is 59.6 Å². The second-order valence-corrected chi connectivity index (χ2v) is 5.27. The highest BCUT2D eigenvalue weighted by atomic mass is 16.5. The molecule has 1 atom stereocenters. The van der Waals surface area contributed by atoms with Crippen molar-refractivity contribution in [3.05, 3.63) is 0 Å². The Labute approximate surface area is 97.9 Å². The fourth-order valence-electron chi connectivity index (χ4n) is 1.12. The lowest BCUT2D eigenvalue weighted by atomic mass is 10.1. The molecule has 0 saturated heterocycles. The Morgan fingerprint density at radius 3 is 1.94 bits per heavy atom. The van der Waals surface area contributed by atoms with Crippen LogP contribution >= 0.6 is 0 Å². The lowest BCUT2D eigenvalue weighted by molar-refractivity contribution is -0.103. The summed E-state index contributed by atoms with van der Waals surface area (Å²) in [4.78, 5) is 11.6. The molecule has 5 nitrogen and oxygen atoms in total. The Bertz CT molecular complexity index is 234. The smallest absolute Gasteiger partial charge is 0.317 e. The third kappa shape index (κ3) is 5.32. The lowest BCUT2D eigenvalue weighted by Crippen LogP contribution is -2.56. The zero-order valence-corrected chi connectivity index (χ0v) is 11.3. The average Bonchev–Trinajstić information content (AvgIpc) is 2.11. The van der Waals surface area contributed by atoms with E-state index in [1.54, 1.807) is 7.11 Å². The molecule has 16 heavy (non-hydrogen) atoms. The number of nitrogens with one attached hydrogen (secondary N) is 2. The summed E-state index contributed by atoms with van der Waals surface area (Å²) in [5, 5.41) is 5.51. The van der Waals surface area contributed by atoms with E-state index < -0.39 is 11.8 Å². The number of methoxy groups -OCH3 is 2. The minimum atomic E-state index is -0.579. The van der Waals surface area contributed by atoms with E-state index >= 15 is 0 Å². The molecule has 1 unspecified atom stereocenters. The Kier molecular flexibility index (Phi) is 5.22. The van der Waals surface area contributed by atoms with Gasteiger partial charge in [-0.15, -0.1) is 0 Å². The first kappa shape index (κ1) is 15.2. The molecule has 0 heterocycles. The van der Waals surface area contributed by atoms with E-state index in [1.165, 1.54) is 7.11 Å². The number of ether oxygens (including phenoxy) is 2. The van der Waals surface area contributed by atoms with Gasteiger partial charge in [0.25, 0.3) is 0 Å². The van der Waals surface area contributed by atoms with Crippen LogP contribution in [0.15, 0.2) is 0 Å². The predicted octanol–water partition coefficient (Wildman–Crippen LogP) is 1.48. The molecule has 0 radical (unpaired) electrons. The van der Waals surface area contributed by atoms with Crippen LogP contribution in [0.1, 0.15) is 34.6 Å². The Morgan fingerprint density at radius 1 is 1.12 bits per heavy atom. The largest absolute Gasteiger partial charge is 0.374 e. The summed E-state index contributed by atoms with van der Waals surface area (Å²) in [6.45, 7) is 9.43. The number of rotatable bonds is 4. The molecule has 0 saturated carbocycles. The molecular formula is C11H24N2O3. The molecule has 5 heteroatoms. The van der Waals surface area contributed by atoms with Gasteiger partial charge in [-0.1, -0.05) is 0 Å². The Morgan fingerprint density at radius 2 is 1.62 bits per heavy atom. The molecule has 0 aromatic carbocycles. The molecule has 2 amide bonds. The van der Waals surface area contributed by atoms with Gasteiger partial charge < -0.3 is 20.1 Å². The monoisotopic (exact) mass is 232 g/mol. The summed E-state index contributed by atoms with van der Waals surface area (Å²) in [5.74, 6) is 0. The van der Waals surface area contributed by atoms with Gasteiger partial charge >= 0.3 is 6.03 Å². The first-order valence-electron chi connectivity index (χ1n) is 5.29. The minimum Gasteiger partial charge on any atom is -0.374 e. The van der Waals surface area contributed by atoms with Crippen molar-refractivity contribution in [1.29, 1.82) is 0 Å². The molecule has 0 aliphatic heterocycles. The summed E-state index contributed by atoms with van der Waals surface area (Å²) >= 11 is 0. The van der Waals surface area contributed by atoms with Crippen molar-refractivity contribution in [2.45, 2.75) is 52.0 Å². The third-order valence-corrected chi connectivity index (χ3v) is 2.14. The quantitative estimate of drug-likeness (QED) is 0.722. The maximum absolute atomic E-state index is 11.6. The highest BCUT2D eigenvalue weighted by molar-refractivity contribution is 5.74. The van der Waals surface area contributed by atoms with Gasteiger partial charge in [0.05, 0.1) is 0 Å². The predicted molar refractivity (Wildman–Crippen MR) is 63.3 cm³/mol. The molecule has 96 valence electrons. The standard InChI is InChI=1S/C11H24N2O3/c1-10(2,3)13-9(14)12-8(15-6)11(4,5)16-7/h8H,1-7H3,(H2,12,13,14). The van der Waals surface area contributed by atoms with Crippen molar-refractivity contribution in [2.75, 3.05) is 14.2 Å². The zero-order chi connectivity index (χ0) is 13.0. The average molecular weight is 232 g/mol. The van der Waals surface area contributed by atoms with Crippen LogP contribution in [0.4, 0.5) is 4.79 Å². The summed E-state index contributed by atoms with van der Waals surface area (Å²) < 4.78 is 10.4. The van der Waals surface area contributed by atoms with Crippen molar-refractivity contribution >= 4 is 6.03 Å². The van der Waals surface area contributed by atoms with Crippen LogP contribution < -0.4 is 10.6 Å². The van der Waals surface area contributed by atoms with Gasteiger partial charge in [-0.05, 0) is 34.6 Å². The fourth-order valence-corrected chi connectivity index (χ4v) is 1.12. The molecule has 0 fully saturated rings. The van der Waals surface area contributed by atoms with E-state index in [1.807, 2.05) is 34.6 Å². The third-order valence-electron chi connectivity index (χ3n) is 2.14. The molecular weight excluding hydrogens is 208 g/mol. The van der Waals surface area contributed by atoms with Gasteiger partial charge in [0.2, 0.25) is 0 Å². The molecule has 0 aliphatic carbocycles. The molecule has 0 aromatic heterocycles. The fraction of sp³-hybridized carbons (Fsp3) is 0.909. The molecule has 0 rings (SSSR count). The van der Waals surface area contributed by atoms with Crippen LogP contribution in [0.3, 0.4) is 0 Å². The van der Waals surface area contributed by atoms with E-state index in [-0.39, 0.29) is 11.6 Å². The number of carbonyl (C=O) groups is 1. The van der Waals surface area contributed by atoms with Crippen molar-refractivity contribution in [3.8, 4) is 0 Å². The number of hydrogen-bond acceptors (Lipinski definition) is 3. The maximum atomic E-state index is 11.6. The van der Waals surface area contributed by atoms with E-state index in [9.17, 15) is 4.79 Å². The molecule has 0 bridgehead atoms. The molecule has 2 N–H and O–H groups in total. The lowest BCUT2D eigenvalue weighted by Gasteiger charge is -2.33. The molecule has 0 spiro atoms. The number of carbonyl (C=O) groups excluding carboxylic acids is 1. The van der Waals surface area contributed by atoms with Crippen molar-refractivity contribution < 1.29 is 14.3 Å². The van der Waals surface area contributed by atoms with Gasteiger partial charge in [-0.2, -0.15) is 0 Å². The van der Waals surface area contributed by atoms with Gasteiger partial charge in [-0.3, -0.25) is 0 Å². The van der Waals surface area contributed by atoms with Crippen LogP contribution in [0.25, 0.3) is 0 Å². The van der Waals surface area contributed by atoms with Crippen molar-refractivity contribution in [1.82, 2.24) is 10.6 Å². The van der Waals surface area contributed by atoms with E-state index in [0.717, 1.165) is 0 Å². The highest BCUT2D eigenvalue weighted by Gasteiger charge is 2.31. The van der Waals surface area contributed by atoms with E-state index in [0.29, 0.717) is 0 Å². The van der Waals surface area contributed by atoms with E-state index in [2.05, 4.69) is 10.6 Å². The van der Waals surface area contributed by atoms with Gasteiger partial charge in [0.15, 0.2) is 6.23 Å². The van der Waals surface area contributed by atoms with Crippen LogP contribution in [-0.2, 0) is 9.47 Å². The second kappa shape index (κ2) is 5.50. The van der Waals surface area contributed by atoms with Crippen molar-refractivity contribution in [2.24, 2.45) is 0 Å². The second-order valence-electron chi connectivity index (χ2n) is 5.27. The summed E-state index contributed by atoms with van der Waals surface area (Å²) in [5.41, 5.74) is -0.858.